The van der Waals surface area contributed by atoms with Crippen LogP contribution in [0.5, 0.6) is 5.75 Å². The first-order chi connectivity index (χ1) is 11.3. The number of ether oxygens (including phenoxy) is 1. The average molecular weight is 362 g/mol. The largest absolute Gasteiger partial charge is 0.484 e. The lowest BCUT2D eigenvalue weighted by Gasteiger charge is -2.11. The van der Waals surface area contributed by atoms with Gasteiger partial charge in [0.2, 0.25) is 0 Å². The molecule has 0 aliphatic rings. The van der Waals surface area contributed by atoms with Crippen LogP contribution in [-0.2, 0) is 13.1 Å². The molecular formula is C15H15ClF3N3O2. The number of aromatic nitrogens is 2. The molecule has 5 nitrogen and oxygen atoms in total. The summed E-state index contributed by atoms with van der Waals surface area (Å²) in [7, 11) is 0. The molecule has 0 saturated heterocycles. The highest BCUT2D eigenvalue weighted by Gasteiger charge is 2.28. The lowest BCUT2D eigenvalue weighted by Crippen LogP contribution is -2.24. The van der Waals surface area contributed by atoms with E-state index in [1.54, 1.807) is 4.68 Å². The van der Waals surface area contributed by atoms with Crippen molar-refractivity contribution in [2.45, 2.75) is 26.2 Å². The van der Waals surface area contributed by atoms with E-state index in [1.807, 2.05) is 6.92 Å². The number of rotatable bonds is 6. The summed E-state index contributed by atoms with van der Waals surface area (Å²) in [6.07, 6.45) is -2.95. The Morgan fingerprint density at radius 2 is 2.17 bits per heavy atom. The number of hydrogen-bond acceptors (Lipinski definition) is 3. The van der Waals surface area contributed by atoms with Gasteiger partial charge in [0.25, 0.3) is 5.91 Å². The van der Waals surface area contributed by atoms with E-state index in [0.717, 1.165) is 0 Å². The number of halogens is 4. The predicted octanol–water partition coefficient (Wildman–Crippen LogP) is 3.43. The fourth-order valence-electron chi connectivity index (χ4n) is 1.99. The van der Waals surface area contributed by atoms with Crippen molar-refractivity contribution in [3.8, 4) is 5.75 Å². The van der Waals surface area contributed by atoms with Gasteiger partial charge in [-0.15, -0.1) is 0 Å². The predicted molar refractivity (Wildman–Crippen MR) is 82.1 cm³/mol. The standard InChI is InChI=1S/C15H15ClF3N3O2/c1-2-22-13(12(16)7-21-22)8-20-14(23)10-4-3-5-11(6-10)24-9-15(17,18)19/h3-7H,2,8-9H2,1H3,(H,20,23). The summed E-state index contributed by atoms with van der Waals surface area (Å²) in [4.78, 5) is 12.1. The maximum atomic E-state index is 12.2. The highest BCUT2D eigenvalue weighted by Crippen LogP contribution is 2.20. The van der Waals surface area contributed by atoms with E-state index < -0.39 is 18.7 Å². The fraction of sp³-hybridized carbons (Fsp3) is 0.333. The van der Waals surface area contributed by atoms with Gasteiger partial charge >= 0.3 is 6.18 Å². The highest BCUT2D eigenvalue weighted by molar-refractivity contribution is 6.31. The van der Waals surface area contributed by atoms with Crippen LogP contribution in [0.1, 0.15) is 23.0 Å². The minimum absolute atomic E-state index is 0.0309. The Labute approximate surface area is 141 Å². The molecule has 24 heavy (non-hydrogen) atoms. The molecule has 9 heteroatoms. The quantitative estimate of drug-likeness (QED) is 0.857. The highest BCUT2D eigenvalue weighted by atomic mass is 35.5. The molecular weight excluding hydrogens is 347 g/mol. The second kappa shape index (κ2) is 7.57. The number of carbonyl (C=O) groups is 1. The van der Waals surface area contributed by atoms with Crippen molar-refractivity contribution in [3.63, 3.8) is 0 Å². The summed E-state index contributed by atoms with van der Waals surface area (Å²) in [5, 5.41) is 7.14. The minimum Gasteiger partial charge on any atom is -0.484 e. The maximum absolute atomic E-state index is 12.2. The average Bonchev–Trinajstić information content (AvgIpc) is 2.90. The number of hydrogen-bond donors (Lipinski definition) is 1. The molecule has 0 aliphatic carbocycles. The summed E-state index contributed by atoms with van der Waals surface area (Å²) in [5.74, 6) is -0.482. The number of alkyl halides is 3. The molecule has 0 aliphatic heterocycles. The SMILES string of the molecule is CCn1ncc(Cl)c1CNC(=O)c1cccc(OCC(F)(F)F)c1. The zero-order chi connectivity index (χ0) is 17.7. The van der Waals surface area contributed by atoms with Crippen molar-refractivity contribution in [1.82, 2.24) is 15.1 Å². The molecule has 1 heterocycles. The van der Waals surface area contributed by atoms with Crippen LogP contribution in [0.3, 0.4) is 0 Å². The number of benzene rings is 1. The van der Waals surface area contributed by atoms with Gasteiger partial charge in [-0.25, -0.2) is 0 Å². The number of aryl methyl sites for hydroxylation is 1. The van der Waals surface area contributed by atoms with Gasteiger partial charge in [0.15, 0.2) is 6.61 Å². The molecule has 0 spiro atoms. The zero-order valence-electron chi connectivity index (χ0n) is 12.7. The Bertz CT molecular complexity index is 716. The molecule has 0 radical (unpaired) electrons. The van der Waals surface area contributed by atoms with Gasteiger partial charge < -0.3 is 10.1 Å². The molecule has 0 atom stereocenters. The van der Waals surface area contributed by atoms with E-state index in [9.17, 15) is 18.0 Å². The molecule has 2 rings (SSSR count). The van der Waals surface area contributed by atoms with Crippen molar-refractivity contribution in [2.75, 3.05) is 6.61 Å². The molecule has 130 valence electrons. The van der Waals surface area contributed by atoms with Crippen LogP contribution in [0.2, 0.25) is 5.02 Å². The Balaban J connectivity index is 2.01. The molecule has 0 saturated carbocycles. The van der Waals surface area contributed by atoms with Gasteiger partial charge in [-0.3, -0.25) is 9.48 Å². The van der Waals surface area contributed by atoms with Crippen LogP contribution in [0.15, 0.2) is 30.5 Å². The van der Waals surface area contributed by atoms with Crippen molar-refractivity contribution in [1.29, 1.82) is 0 Å². The summed E-state index contributed by atoms with van der Waals surface area (Å²) in [6, 6.07) is 5.53. The van der Waals surface area contributed by atoms with Crippen molar-refractivity contribution < 1.29 is 22.7 Å². The summed E-state index contributed by atoms with van der Waals surface area (Å²) in [6.45, 7) is 1.22. The Morgan fingerprint density at radius 3 is 2.83 bits per heavy atom. The van der Waals surface area contributed by atoms with E-state index in [2.05, 4.69) is 15.2 Å². The van der Waals surface area contributed by atoms with Crippen LogP contribution < -0.4 is 10.1 Å². The van der Waals surface area contributed by atoms with E-state index in [4.69, 9.17) is 11.6 Å². The first kappa shape index (κ1) is 18.1. The molecule has 1 aromatic heterocycles. The number of carbonyl (C=O) groups excluding carboxylic acids is 1. The normalized spacial score (nSPS) is 11.4. The third-order valence-electron chi connectivity index (χ3n) is 3.11. The van der Waals surface area contributed by atoms with Gasteiger partial charge in [0, 0.05) is 12.1 Å². The monoisotopic (exact) mass is 361 g/mol. The van der Waals surface area contributed by atoms with Gasteiger partial charge in [0.05, 0.1) is 23.5 Å². The molecule has 0 bridgehead atoms. The van der Waals surface area contributed by atoms with Crippen LogP contribution in [0.25, 0.3) is 0 Å². The fourth-order valence-corrected chi connectivity index (χ4v) is 2.20. The van der Waals surface area contributed by atoms with Crippen LogP contribution in [0, 0.1) is 0 Å². The number of nitrogens with zero attached hydrogens (tertiary/aromatic N) is 2. The van der Waals surface area contributed by atoms with Crippen LogP contribution in [0.4, 0.5) is 13.2 Å². The van der Waals surface area contributed by atoms with Gasteiger partial charge in [-0.2, -0.15) is 18.3 Å². The van der Waals surface area contributed by atoms with Crippen LogP contribution >= 0.6 is 11.6 Å². The zero-order valence-corrected chi connectivity index (χ0v) is 13.5. The van der Waals surface area contributed by atoms with Crippen LogP contribution in [-0.4, -0.2) is 28.5 Å². The summed E-state index contributed by atoms with van der Waals surface area (Å²) in [5.41, 5.74) is 0.838. The van der Waals surface area contributed by atoms with Gasteiger partial charge in [0.1, 0.15) is 5.75 Å². The lowest BCUT2D eigenvalue weighted by atomic mass is 10.2. The summed E-state index contributed by atoms with van der Waals surface area (Å²) < 4.78 is 42.8. The van der Waals surface area contributed by atoms with Crippen molar-refractivity contribution in [2.24, 2.45) is 0 Å². The Kier molecular flexibility index (Phi) is 5.71. The third kappa shape index (κ3) is 4.89. The second-order valence-electron chi connectivity index (χ2n) is 4.87. The smallest absolute Gasteiger partial charge is 0.422 e. The molecule has 0 unspecified atom stereocenters. The van der Waals surface area contributed by atoms with E-state index in [0.29, 0.717) is 17.3 Å². The van der Waals surface area contributed by atoms with Crippen molar-refractivity contribution in [3.05, 3.63) is 46.7 Å². The number of nitrogens with one attached hydrogen (secondary N) is 1. The topological polar surface area (TPSA) is 56.2 Å². The van der Waals surface area contributed by atoms with E-state index in [-0.39, 0.29) is 17.9 Å². The van der Waals surface area contributed by atoms with E-state index >= 15 is 0 Å². The van der Waals surface area contributed by atoms with Gasteiger partial charge in [-0.05, 0) is 25.1 Å². The third-order valence-corrected chi connectivity index (χ3v) is 3.43. The minimum atomic E-state index is -4.44. The molecule has 1 aromatic carbocycles. The maximum Gasteiger partial charge on any atom is 0.422 e. The molecule has 1 amide bonds. The molecule has 1 N–H and O–H groups in total. The number of amides is 1. The van der Waals surface area contributed by atoms with Crippen molar-refractivity contribution >= 4 is 17.5 Å². The Morgan fingerprint density at radius 1 is 1.42 bits per heavy atom. The Hall–Kier alpha value is -2.22. The van der Waals surface area contributed by atoms with E-state index in [1.165, 1.54) is 30.5 Å². The second-order valence-corrected chi connectivity index (χ2v) is 5.28. The summed E-state index contributed by atoms with van der Waals surface area (Å²) >= 11 is 6.00. The molecule has 2 aromatic rings. The van der Waals surface area contributed by atoms with Gasteiger partial charge in [-0.1, -0.05) is 17.7 Å². The first-order valence-electron chi connectivity index (χ1n) is 7.08. The first-order valence-corrected chi connectivity index (χ1v) is 7.46. The molecule has 0 fully saturated rings. The lowest BCUT2D eigenvalue weighted by molar-refractivity contribution is -0.153.